The van der Waals surface area contributed by atoms with Crippen molar-refractivity contribution in [3.05, 3.63) is 70.5 Å². The monoisotopic (exact) mass is 254 g/mol. The highest BCUT2D eigenvalue weighted by molar-refractivity contribution is 5.45. The van der Waals surface area contributed by atoms with Gasteiger partial charge in [0.15, 0.2) is 0 Å². The number of hydrogen-bond acceptors (Lipinski definition) is 1. The number of ether oxygens (including phenoxy) is 1. The van der Waals surface area contributed by atoms with Gasteiger partial charge in [-0.3, -0.25) is 0 Å². The zero-order valence-electron chi connectivity index (χ0n) is 10.6. The molecule has 96 valence electrons. The molecule has 0 radical (unpaired) electrons. The van der Waals surface area contributed by atoms with Crippen molar-refractivity contribution < 1.29 is 9.13 Å². The summed E-state index contributed by atoms with van der Waals surface area (Å²) < 4.78 is 19.5. The van der Waals surface area contributed by atoms with Gasteiger partial charge < -0.3 is 4.74 Å². The Morgan fingerprint density at radius 1 is 1.00 bits per heavy atom. The number of rotatable bonds is 0. The van der Waals surface area contributed by atoms with E-state index in [2.05, 4.69) is 24.3 Å². The van der Waals surface area contributed by atoms with Crippen LogP contribution in [0.5, 0.6) is 0 Å². The van der Waals surface area contributed by atoms with Gasteiger partial charge in [-0.15, -0.1) is 0 Å². The Bertz CT molecular complexity index is 635. The minimum Gasteiger partial charge on any atom is -0.373 e. The summed E-state index contributed by atoms with van der Waals surface area (Å²) in [5.41, 5.74) is 4.97. The lowest BCUT2D eigenvalue weighted by molar-refractivity contribution is 0.104. The van der Waals surface area contributed by atoms with Crippen LogP contribution in [0, 0.1) is 5.82 Å². The molecule has 0 bridgehead atoms. The smallest absolute Gasteiger partial charge is 0.123 e. The minimum absolute atomic E-state index is 0.0225. The van der Waals surface area contributed by atoms with E-state index in [0.29, 0.717) is 5.92 Å². The maximum absolute atomic E-state index is 13.6. The molecule has 1 heterocycles. The molecule has 1 fully saturated rings. The highest BCUT2D eigenvalue weighted by Gasteiger charge is 2.35. The van der Waals surface area contributed by atoms with Gasteiger partial charge in [-0.25, -0.2) is 4.39 Å². The van der Waals surface area contributed by atoms with Crippen molar-refractivity contribution >= 4 is 0 Å². The Balaban J connectivity index is 1.94. The van der Waals surface area contributed by atoms with Gasteiger partial charge in [0.1, 0.15) is 5.82 Å². The van der Waals surface area contributed by atoms with Crippen molar-refractivity contribution in [2.75, 3.05) is 6.61 Å². The average molecular weight is 254 g/mol. The van der Waals surface area contributed by atoms with Crippen LogP contribution in [0.3, 0.4) is 0 Å². The lowest BCUT2D eigenvalue weighted by atomic mass is 9.88. The van der Waals surface area contributed by atoms with Gasteiger partial charge in [-0.05, 0) is 47.2 Å². The average Bonchev–Trinajstić information content (AvgIpc) is 2.86. The third-order valence-electron chi connectivity index (χ3n) is 4.34. The molecule has 2 aromatic carbocycles. The van der Waals surface area contributed by atoms with Gasteiger partial charge in [0, 0.05) is 12.5 Å². The molecule has 1 saturated heterocycles. The topological polar surface area (TPSA) is 9.23 Å². The Morgan fingerprint density at radius 2 is 1.84 bits per heavy atom. The summed E-state index contributed by atoms with van der Waals surface area (Å²) in [7, 11) is 0. The normalized spacial score (nSPS) is 24.3. The molecule has 0 amide bonds. The summed E-state index contributed by atoms with van der Waals surface area (Å²) in [5, 5.41) is 0. The molecular weight excluding hydrogens is 239 g/mol. The predicted octanol–water partition coefficient (Wildman–Crippen LogP) is 3.98. The third-order valence-corrected chi connectivity index (χ3v) is 4.34. The zero-order valence-corrected chi connectivity index (χ0v) is 10.6. The zero-order chi connectivity index (χ0) is 12.8. The van der Waals surface area contributed by atoms with E-state index in [1.165, 1.54) is 16.7 Å². The molecule has 1 nitrogen and oxygen atoms in total. The maximum atomic E-state index is 13.6. The third kappa shape index (κ3) is 1.71. The first-order valence-electron chi connectivity index (χ1n) is 6.80. The largest absolute Gasteiger partial charge is 0.373 e. The first kappa shape index (κ1) is 11.2. The van der Waals surface area contributed by atoms with Crippen molar-refractivity contribution in [2.24, 2.45) is 0 Å². The van der Waals surface area contributed by atoms with Crippen molar-refractivity contribution in [1.82, 2.24) is 0 Å². The molecular formula is C17H15FO. The first-order valence-corrected chi connectivity index (χ1v) is 6.80. The van der Waals surface area contributed by atoms with E-state index in [4.69, 9.17) is 4.74 Å². The molecule has 19 heavy (non-hydrogen) atoms. The van der Waals surface area contributed by atoms with Crippen LogP contribution < -0.4 is 0 Å². The first-order chi connectivity index (χ1) is 9.33. The Labute approximate surface area is 112 Å². The van der Waals surface area contributed by atoms with E-state index in [1.54, 1.807) is 12.1 Å². The summed E-state index contributed by atoms with van der Waals surface area (Å²) >= 11 is 0. The summed E-state index contributed by atoms with van der Waals surface area (Å²) in [6.07, 6.45) is 1.93. The van der Waals surface area contributed by atoms with Crippen LogP contribution in [0.4, 0.5) is 4.39 Å². The van der Waals surface area contributed by atoms with Crippen LogP contribution in [-0.4, -0.2) is 6.61 Å². The van der Waals surface area contributed by atoms with Gasteiger partial charge in [0.25, 0.3) is 0 Å². The van der Waals surface area contributed by atoms with Crippen LogP contribution in [0.1, 0.15) is 40.7 Å². The van der Waals surface area contributed by atoms with Crippen LogP contribution in [0.15, 0.2) is 42.5 Å². The molecule has 2 aromatic rings. The second kappa shape index (κ2) is 4.17. The standard InChI is InChI=1S/C17H15FO/c18-13-6-5-12-9-11-3-1-2-4-14(11)15-7-8-19-17(15)16(12)10-13/h1-6,10,15,17H,7-9H2. The van der Waals surface area contributed by atoms with Crippen LogP contribution in [0.2, 0.25) is 0 Å². The molecule has 0 N–H and O–H groups in total. The molecule has 2 unspecified atom stereocenters. The molecule has 1 aliphatic carbocycles. The van der Waals surface area contributed by atoms with Crippen molar-refractivity contribution in [3.8, 4) is 0 Å². The second-order valence-electron chi connectivity index (χ2n) is 5.41. The Hall–Kier alpha value is -1.67. The fraction of sp³-hybridized carbons (Fsp3) is 0.294. The minimum atomic E-state index is -0.168. The predicted molar refractivity (Wildman–Crippen MR) is 71.7 cm³/mol. The van der Waals surface area contributed by atoms with Crippen molar-refractivity contribution in [1.29, 1.82) is 0 Å². The fourth-order valence-electron chi connectivity index (χ4n) is 3.47. The SMILES string of the molecule is Fc1ccc2c(c1)C1OCCC1c1ccccc1C2. The molecule has 0 aromatic heterocycles. The van der Waals surface area contributed by atoms with Gasteiger partial charge >= 0.3 is 0 Å². The highest BCUT2D eigenvalue weighted by Crippen LogP contribution is 2.46. The molecule has 4 rings (SSSR count). The van der Waals surface area contributed by atoms with Crippen molar-refractivity contribution in [3.63, 3.8) is 0 Å². The number of benzene rings is 2. The van der Waals surface area contributed by atoms with E-state index in [0.717, 1.165) is 25.0 Å². The van der Waals surface area contributed by atoms with E-state index in [9.17, 15) is 4.39 Å². The molecule has 2 aliphatic rings. The molecule has 0 saturated carbocycles. The quantitative estimate of drug-likeness (QED) is 0.691. The lowest BCUT2D eigenvalue weighted by Crippen LogP contribution is -2.06. The van der Waals surface area contributed by atoms with E-state index in [1.807, 2.05) is 6.07 Å². The molecule has 2 atom stereocenters. The fourth-order valence-corrected chi connectivity index (χ4v) is 3.47. The van der Waals surface area contributed by atoms with Gasteiger partial charge in [-0.1, -0.05) is 30.3 Å². The Kier molecular flexibility index (Phi) is 2.46. The Morgan fingerprint density at radius 3 is 2.79 bits per heavy atom. The number of fused-ring (bicyclic) bond motifs is 5. The van der Waals surface area contributed by atoms with Crippen LogP contribution in [-0.2, 0) is 11.2 Å². The summed E-state index contributed by atoms with van der Waals surface area (Å²) in [6, 6.07) is 13.7. The maximum Gasteiger partial charge on any atom is 0.123 e. The van der Waals surface area contributed by atoms with E-state index in [-0.39, 0.29) is 11.9 Å². The summed E-state index contributed by atoms with van der Waals surface area (Å²) in [4.78, 5) is 0. The lowest BCUT2D eigenvalue weighted by Gasteiger charge is -2.19. The number of hydrogen-bond donors (Lipinski definition) is 0. The van der Waals surface area contributed by atoms with Gasteiger partial charge in [-0.2, -0.15) is 0 Å². The van der Waals surface area contributed by atoms with E-state index < -0.39 is 0 Å². The van der Waals surface area contributed by atoms with Gasteiger partial charge in [0.2, 0.25) is 0 Å². The van der Waals surface area contributed by atoms with Crippen LogP contribution >= 0.6 is 0 Å². The van der Waals surface area contributed by atoms with E-state index >= 15 is 0 Å². The molecule has 2 heteroatoms. The van der Waals surface area contributed by atoms with Crippen molar-refractivity contribution in [2.45, 2.75) is 24.9 Å². The molecule has 1 aliphatic heterocycles. The summed E-state index contributed by atoms with van der Waals surface area (Å²) in [6.45, 7) is 0.764. The highest BCUT2D eigenvalue weighted by atomic mass is 19.1. The van der Waals surface area contributed by atoms with Crippen LogP contribution in [0.25, 0.3) is 0 Å². The number of halogens is 1. The second-order valence-corrected chi connectivity index (χ2v) is 5.41. The summed E-state index contributed by atoms with van der Waals surface area (Å²) in [5.74, 6) is 0.207. The van der Waals surface area contributed by atoms with Gasteiger partial charge in [0.05, 0.1) is 6.10 Å². The molecule has 0 spiro atoms.